The first-order valence-electron chi connectivity index (χ1n) is 5.41. The van der Waals surface area contributed by atoms with Crippen LogP contribution >= 0.6 is 27.5 Å². The summed E-state index contributed by atoms with van der Waals surface area (Å²) in [6, 6.07) is 4.78. The number of carbonyl (C=O) groups excluding carboxylic acids is 1. The molecule has 94 valence electrons. The van der Waals surface area contributed by atoms with Gasteiger partial charge in [0.15, 0.2) is 0 Å². The normalized spacial score (nSPS) is 12.6. The molecule has 0 heterocycles. The van der Waals surface area contributed by atoms with Crippen LogP contribution in [0, 0.1) is 5.92 Å². The monoisotopic (exact) mass is 318 g/mol. The van der Waals surface area contributed by atoms with Crippen LogP contribution in [0.3, 0.4) is 0 Å². The fourth-order valence-electron chi connectivity index (χ4n) is 1.43. The van der Waals surface area contributed by atoms with Crippen LogP contribution in [0.2, 0.25) is 5.02 Å². The number of rotatable bonds is 4. The quantitative estimate of drug-likeness (QED) is 0.893. The summed E-state index contributed by atoms with van der Waals surface area (Å²) in [6.07, 6.45) is 0.653. The predicted molar refractivity (Wildman–Crippen MR) is 75.2 cm³/mol. The molecule has 0 spiro atoms. The Morgan fingerprint density at radius 2 is 2.18 bits per heavy atom. The van der Waals surface area contributed by atoms with Gasteiger partial charge in [-0.05, 0) is 30.5 Å². The Morgan fingerprint density at radius 3 is 2.71 bits per heavy atom. The molecule has 0 saturated heterocycles. The van der Waals surface area contributed by atoms with Gasteiger partial charge in [0.05, 0.1) is 16.8 Å². The number of anilines is 1. The lowest BCUT2D eigenvalue weighted by Crippen LogP contribution is -2.36. The molecule has 1 amide bonds. The van der Waals surface area contributed by atoms with E-state index in [1.54, 1.807) is 12.1 Å². The minimum atomic E-state index is -0.505. The highest BCUT2D eigenvalue weighted by atomic mass is 79.9. The number of hydrogen-bond acceptors (Lipinski definition) is 2. The summed E-state index contributed by atoms with van der Waals surface area (Å²) >= 11 is 9.30. The van der Waals surface area contributed by atoms with Gasteiger partial charge in [0, 0.05) is 4.47 Å². The van der Waals surface area contributed by atoms with Crippen molar-refractivity contribution in [2.75, 3.05) is 5.32 Å². The van der Waals surface area contributed by atoms with Crippen LogP contribution < -0.4 is 11.1 Å². The van der Waals surface area contributed by atoms with Gasteiger partial charge in [-0.1, -0.05) is 41.4 Å². The zero-order chi connectivity index (χ0) is 13.0. The molecule has 1 aromatic carbocycles. The highest BCUT2D eigenvalue weighted by Gasteiger charge is 2.16. The van der Waals surface area contributed by atoms with Crippen molar-refractivity contribution in [3.05, 3.63) is 27.7 Å². The van der Waals surface area contributed by atoms with Gasteiger partial charge in [-0.2, -0.15) is 0 Å². The van der Waals surface area contributed by atoms with Gasteiger partial charge in [-0.25, -0.2) is 0 Å². The van der Waals surface area contributed by atoms with Crippen LogP contribution in [0.4, 0.5) is 5.69 Å². The molecule has 5 heteroatoms. The molecule has 1 aromatic rings. The molecule has 0 saturated carbocycles. The van der Waals surface area contributed by atoms with Gasteiger partial charge in [0.2, 0.25) is 5.91 Å². The van der Waals surface area contributed by atoms with Gasteiger partial charge >= 0.3 is 0 Å². The summed E-state index contributed by atoms with van der Waals surface area (Å²) in [5.41, 5.74) is 6.36. The Balaban J connectivity index is 2.67. The van der Waals surface area contributed by atoms with Crippen molar-refractivity contribution in [1.82, 2.24) is 0 Å². The third-order valence-electron chi connectivity index (χ3n) is 2.25. The average molecular weight is 320 g/mol. The summed E-state index contributed by atoms with van der Waals surface area (Å²) in [4.78, 5) is 11.8. The molecule has 0 aliphatic rings. The molecule has 3 N–H and O–H groups in total. The van der Waals surface area contributed by atoms with Crippen molar-refractivity contribution in [2.24, 2.45) is 11.7 Å². The van der Waals surface area contributed by atoms with E-state index < -0.39 is 6.04 Å². The van der Waals surface area contributed by atoms with Crippen molar-refractivity contribution in [1.29, 1.82) is 0 Å². The van der Waals surface area contributed by atoms with Crippen molar-refractivity contribution in [2.45, 2.75) is 26.3 Å². The highest BCUT2D eigenvalue weighted by Crippen LogP contribution is 2.25. The number of nitrogens with two attached hydrogens (primary N) is 1. The largest absolute Gasteiger partial charge is 0.323 e. The Hall–Kier alpha value is -0.580. The lowest BCUT2D eigenvalue weighted by Gasteiger charge is -2.14. The zero-order valence-corrected chi connectivity index (χ0v) is 12.2. The Kier molecular flexibility index (Phi) is 5.43. The van der Waals surface area contributed by atoms with Crippen LogP contribution in [-0.2, 0) is 4.79 Å². The number of halogens is 2. The standard InChI is InChI=1S/C12H16BrClN2O/c1-7(2)5-10(15)12(17)16-11-4-3-8(13)6-9(11)14/h3-4,6-7,10H,5,15H2,1-2H3,(H,16,17). The second kappa shape index (κ2) is 6.38. The molecule has 1 unspecified atom stereocenters. The summed E-state index contributed by atoms with van der Waals surface area (Å²) < 4.78 is 0.868. The van der Waals surface area contributed by atoms with Gasteiger partial charge in [-0.15, -0.1) is 0 Å². The molecule has 1 rings (SSSR count). The Labute approximate surface area is 115 Å². The second-order valence-corrected chi connectivity index (χ2v) is 5.67. The molecule has 0 aliphatic heterocycles. The molecule has 0 aliphatic carbocycles. The first-order valence-corrected chi connectivity index (χ1v) is 6.58. The number of hydrogen-bond donors (Lipinski definition) is 2. The van der Waals surface area contributed by atoms with Crippen LogP contribution in [0.5, 0.6) is 0 Å². The van der Waals surface area contributed by atoms with Crippen LogP contribution in [0.15, 0.2) is 22.7 Å². The molecule has 17 heavy (non-hydrogen) atoms. The number of carbonyl (C=O) groups is 1. The zero-order valence-electron chi connectivity index (χ0n) is 9.84. The maximum absolute atomic E-state index is 11.8. The molecule has 3 nitrogen and oxygen atoms in total. The van der Waals surface area contributed by atoms with Gasteiger partial charge in [0.1, 0.15) is 0 Å². The van der Waals surface area contributed by atoms with E-state index in [9.17, 15) is 4.79 Å². The van der Waals surface area contributed by atoms with Crippen molar-refractivity contribution in [3.8, 4) is 0 Å². The van der Waals surface area contributed by atoms with E-state index in [0.29, 0.717) is 23.0 Å². The summed E-state index contributed by atoms with van der Waals surface area (Å²) in [5, 5.41) is 3.22. The fraction of sp³-hybridized carbons (Fsp3) is 0.417. The molecule has 0 bridgehead atoms. The van der Waals surface area contributed by atoms with Crippen molar-refractivity contribution >= 4 is 39.1 Å². The third-order valence-corrected chi connectivity index (χ3v) is 3.06. The van der Waals surface area contributed by atoms with Gasteiger partial charge in [0.25, 0.3) is 0 Å². The topological polar surface area (TPSA) is 55.1 Å². The Morgan fingerprint density at radius 1 is 1.53 bits per heavy atom. The van der Waals surface area contributed by atoms with E-state index >= 15 is 0 Å². The average Bonchev–Trinajstić information content (AvgIpc) is 2.21. The molecular formula is C12H16BrClN2O. The van der Waals surface area contributed by atoms with Crippen molar-refractivity contribution < 1.29 is 4.79 Å². The van der Waals surface area contributed by atoms with E-state index in [4.69, 9.17) is 17.3 Å². The maximum atomic E-state index is 11.8. The third kappa shape index (κ3) is 4.66. The summed E-state index contributed by atoms with van der Waals surface area (Å²) in [5.74, 6) is 0.180. The van der Waals surface area contributed by atoms with E-state index in [2.05, 4.69) is 21.2 Å². The second-order valence-electron chi connectivity index (χ2n) is 4.35. The van der Waals surface area contributed by atoms with Gasteiger partial charge < -0.3 is 11.1 Å². The number of benzene rings is 1. The predicted octanol–water partition coefficient (Wildman–Crippen LogP) is 3.41. The van der Waals surface area contributed by atoms with E-state index in [-0.39, 0.29) is 5.91 Å². The van der Waals surface area contributed by atoms with Crippen molar-refractivity contribution in [3.63, 3.8) is 0 Å². The minimum absolute atomic E-state index is 0.206. The SMILES string of the molecule is CC(C)CC(N)C(=O)Nc1ccc(Br)cc1Cl. The molecule has 0 aromatic heterocycles. The molecule has 1 atom stereocenters. The number of nitrogens with one attached hydrogen (secondary N) is 1. The maximum Gasteiger partial charge on any atom is 0.241 e. The highest BCUT2D eigenvalue weighted by molar-refractivity contribution is 9.10. The molecule has 0 radical (unpaired) electrons. The van der Waals surface area contributed by atoms with E-state index in [1.165, 1.54) is 0 Å². The van der Waals surface area contributed by atoms with Crippen LogP contribution in [0.1, 0.15) is 20.3 Å². The van der Waals surface area contributed by atoms with Gasteiger partial charge in [-0.3, -0.25) is 4.79 Å². The lowest BCUT2D eigenvalue weighted by atomic mass is 10.0. The first kappa shape index (κ1) is 14.5. The fourth-order valence-corrected chi connectivity index (χ4v) is 2.15. The smallest absolute Gasteiger partial charge is 0.241 e. The summed E-state index contributed by atoms with van der Waals surface area (Å²) in [7, 11) is 0. The van der Waals surface area contributed by atoms with Crippen LogP contribution in [-0.4, -0.2) is 11.9 Å². The van der Waals surface area contributed by atoms with E-state index in [1.807, 2.05) is 19.9 Å². The minimum Gasteiger partial charge on any atom is -0.323 e. The molecular weight excluding hydrogens is 304 g/mol. The Bertz CT molecular complexity index is 409. The first-order chi connectivity index (χ1) is 7.90. The lowest BCUT2D eigenvalue weighted by molar-refractivity contribution is -0.117. The van der Waals surface area contributed by atoms with E-state index in [0.717, 1.165) is 4.47 Å². The molecule has 0 fully saturated rings. The summed E-state index contributed by atoms with van der Waals surface area (Å²) in [6.45, 7) is 4.06. The number of amides is 1. The van der Waals surface area contributed by atoms with Crippen LogP contribution in [0.25, 0.3) is 0 Å².